The van der Waals surface area contributed by atoms with E-state index in [0.717, 1.165) is 28.6 Å². The Morgan fingerprint density at radius 3 is 2.59 bits per heavy atom. The predicted molar refractivity (Wildman–Crippen MR) is 104 cm³/mol. The number of H-pyrrole nitrogens is 1. The second-order valence-corrected chi connectivity index (χ2v) is 7.69. The van der Waals surface area contributed by atoms with Crippen LogP contribution in [0, 0.1) is 11.7 Å². The minimum absolute atomic E-state index is 0.00120. The predicted octanol–water partition coefficient (Wildman–Crippen LogP) is 3.80. The molecule has 5 heteroatoms. The molecule has 0 spiro atoms. The number of halogens is 1. The minimum Gasteiger partial charge on any atom is -0.360 e. The topological polar surface area (TPSA) is 48.1 Å². The van der Waals surface area contributed by atoms with Crippen molar-refractivity contribution in [3.8, 4) is 11.1 Å². The highest BCUT2D eigenvalue weighted by Crippen LogP contribution is 2.30. The van der Waals surface area contributed by atoms with Crippen molar-refractivity contribution in [3.63, 3.8) is 0 Å². The number of carbonyl (C=O) groups is 1. The molecule has 4 heterocycles. The molecule has 138 valence electrons. The largest absolute Gasteiger partial charge is 0.360 e. The van der Waals surface area contributed by atoms with E-state index < -0.39 is 0 Å². The summed E-state index contributed by atoms with van der Waals surface area (Å²) in [7, 11) is 0. The zero-order valence-corrected chi connectivity index (χ0v) is 15.0. The van der Waals surface area contributed by atoms with Crippen LogP contribution in [0.15, 0.2) is 48.7 Å². The highest BCUT2D eigenvalue weighted by Gasteiger charge is 2.34. The van der Waals surface area contributed by atoms with Gasteiger partial charge in [-0.15, -0.1) is 0 Å². The molecule has 0 saturated carbocycles. The second kappa shape index (κ2) is 6.50. The Hall–Kier alpha value is -2.66. The van der Waals surface area contributed by atoms with Crippen LogP contribution < -0.4 is 5.32 Å². The summed E-state index contributed by atoms with van der Waals surface area (Å²) in [6, 6.07) is 12.7. The number of hydrogen-bond acceptors (Lipinski definition) is 2. The van der Waals surface area contributed by atoms with E-state index in [0.29, 0.717) is 11.5 Å². The smallest absolute Gasteiger partial charge is 0.251 e. The van der Waals surface area contributed by atoms with E-state index in [-0.39, 0.29) is 17.8 Å². The molecule has 1 atom stereocenters. The van der Waals surface area contributed by atoms with Crippen molar-refractivity contribution < 1.29 is 9.18 Å². The number of fused-ring (bicyclic) bond motifs is 4. The number of nitrogens with one attached hydrogen (secondary N) is 2. The summed E-state index contributed by atoms with van der Waals surface area (Å²) < 4.78 is 13.4. The third-order valence-electron chi connectivity index (χ3n) is 6.07. The van der Waals surface area contributed by atoms with Crippen molar-refractivity contribution in [1.82, 2.24) is 15.2 Å². The van der Waals surface area contributed by atoms with Gasteiger partial charge in [0.25, 0.3) is 5.91 Å². The summed E-state index contributed by atoms with van der Waals surface area (Å²) in [4.78, 5) is 18.2. The Kier molecular flexibility index (Phi) is 3.97. The molecule has 1 amide bonds. The summed E-state index contributed by atoms with van der Waals surface area (Å²) in [5.74, 6) is 0.363. The van der Waals surface area contributed by atoms with Crippen molar-refractivity contribution >= 4 is 16.8 Å². The van der Waals surface area contributed by atoms with E-state index in [1.165, 1.54) is 38.1 Å². The Morgan fingerprint density at radius 1 is 1.11 bits per heavy atom. The lowest BCUT2D eigenvalue weighted by molar-refractivity contribution is 0.0620. The van der Waals surface area contributed by atoms with E-state index >= 15 is 0 Å². The third kappa shape index (κ3) is 3.02. The number of hydrogen-bond donors (Lipinski definition) is 2. The summed E-state index contributed by atoms with van der Waals surface area (Å²) in [6.45, 7) is 3.31. The minimum atomic E-state index is -0.254. The molecule has 3 aromatic rings. The summed E-state index contributed by atoms with van der Waals surface area (Å²) in [6.07, 6.45) is 4.25. The maximum atomic E-state index is 13.4. The number of aromatic amines is 1. The van der Waals surface area contributed by atoms with E-state index in [2.05, 4.69) is 15.2 Å². The molecular weight excluding hydrogens is 341 g/mol. The number of benzene rings is 2. The number of piperidine rings is 3. The Bertz CT molecular complexity index is 986. The third-order valence-corrected chi connectivity index (χ3v) is 6.07. The maximum Gasteiger partial charge on any atom is 0.251 e. The first kappa shape index (κ1) is 16.5. The number of rotatable bonds is 3. The lowest BCUT2D eigenvalue weighted by Gasteiger charge is -2.44. The van der Waals surface area contributed by atoms with Crippen LogP contribution in [0.3, 0.4) is 0 Å². The van der Waals surface area contributed by atoms with Gasteiger partial charge >= 0.3 is 0 Å². The average Bonchev–Trinajstić information content (AvgIpc) is 3.12. The molecular formula is C22H22FN3O. The molecule has 0 radical (unpaired) electrons. The lowest BCUT2D eigenvalue weighted by atomic mass is 9.84. The molecule has 0 aliphatic carbocycles. The fourth-order valence-corrected chi connectivity index (χ4v) is 4.52. The van der Waals surface area contributed by atoms with Crippen molar-refractivity contribution in [2.75, 3.05) is 19.6 Å². The molecule has 1 aromatic heterocycles. The van der Waals surface area contributed by atoms with E-state index in [1.54, 1.807) is 6.07 Å². The van der Waals surface area contributed by atoms with Gasteiger partial charge in [-0.3, -0.25) is 4.79 Å². The molecule has 3 aliphatic rings. The summed E-state index contributed by atoms with van der Waals surface area (Å²) in [5.41, 5.74) is 3.47. The normalized spacial score (nSPS) is 24.3. The van der Waals surface area contributed by atoms with E-state index in [1.807, 2.05) is 30.5 Å². The van der Waals surface area contributed by atoms with Gasteiger partial charge in [0, 0.05) is 40.8 Å². The first-order chi connectivity index (χ1) is 13.2. The molecule has 2 bridgehead atoms. The Balaban J connectivity index is 1.34. The van der Waals surface area contributed by atoms with Gasteiger partial charge in [0.1, 0.15) is 5.82 Å². The SMILES string of the molecule is O=C(N[C@@H]1CN2CCC1CC2)c1ccc(-c2c[nH]c3cc(F)ccc23)cc1. The molecule has 2 aromatic carbocycles. The highest BCUT2D eigenvalue weighted by molar-refractivity contribution is 5.98. The lowest BCUT2D eigenvalue weighted by Crippen LogP contribution is -2.57. The molecule has 3 saturated heterocycles. The van der Waals surface area contributed by atoms with Gasteiger partial charge in [-0.1, -0.05) is 12.1 Å². The van der Waals surface area contributed by atoms with Crippen LogP contribution in [0.4, 0.5) is 4.39 Å². The fraction of sp³-hybridized carbons (Fsp3) is 0.318. The zero-order valence-electron chi connectivity index (χ0n) is 15.0. The average molecular weight is 363 g/mol. The highest BCUT2D eigenvalue weighted by atomic mass is 19.1. The van der Waals surface area contributed by atoms with Gasteiger partial charge in [-0.2, -0.15) is 0 Å². The molecule has 0 unspecified atom stereocenters. The van der Waals surface area contributed by atoms with Crippen molar-refractivity contribution in [2.24, 2.45) is 5.92 Å². The first-order valence-electron chi connectivity index (χ1n) is 9.58. The number of amides is 1. The van der Waals surface area contributed by atoms with Crippen LogP contribution in [-0.4, -0.2) is 41.5 Å². The van der Waals surface area contributed by atoms with Gasteiger partial charge in [0.05, 0.1) is 0 Å². The molecule has 4 nitrogen and oxygen atoms in total. The zero-order chi connectivity index (χ0) is 18.4. The van der Waals surface area contributed by atoms with Crippen LogP contribution in [0.1, 0.15) is 23.2 Å². The molecule has 3 fully saturated rings. The standard InChI is InChI=1S/C22H22FN3O/c23-17-5-6-18-19(12-24-20(18)11-17)14-1-3-16(4-2-14)22(27)25-21-13-26-9-7-15(21)8-10-26/h1-6,11-12,15,21,24H,7-10,13H2,(H,25,27)/t21-/m1/s1. The maximum absolute atomic E-state index is 13.4. The summed E-state index contributed by atoms with van der Waals surface area (Å²) >= 11 is 0. The van der Waals surface area contributed by atoms with Gasteiger partial charge in [0.2, 0.25) is 0 Å². The van der Waals surface area contributed by atoms with E-state index in [4.69, 9.17) is 0 Å². The van der Waals surface area contributed by atoms with Crippen molar-refractivity contribution in [2.45, 2.75) is 18.9 Å². The molecule has 27 heavy (non-hydrogen) atoms. The van der Waals surface area contributed by atoms with Crippen LogP contribution in [-0.2, 0) is 0 Å². The number of aromatic nitrogens is 1. The second-order valence-electron chi connectivity index (χ2n) is 7.69. The van der Waals surface area contributed by atoms with Gasteiger partial charge in [-0.25, -0.2) is 4.39 Å². The van der Waals surface area contributed by atoms with Crippen LogP contribution in [0.25, 0.3) is 22.0 Å². The Morgan fingerprint density at radius 2 is 1.89 bits per heavy atom. The monoisotopic (exact) mass is 363 g/mol. The number of nitrogens with zero attached hydrogens (tertiary/aromatic N) is 1. The first-order valence-corrected chi connectivity index (χ1v) is 9.58. The quantitative estimate of drug-likeness (QED) is 0.744. The fourth-order valence-electron chi connectivity index (χ4n) is 4.52. The van der Waals surface area contributed by atoms with Crippen molar-refractivity contribution in [3.05, 3.63) is 60.0 Å². The Labute approximate surface area is 157 Å². The van der Waals surface area contributed by atoms with Crippen LogP contribution in [0.5, 0.6) is 0 Å². The molecule has 2 N–H and O–H groups in total. The summed E-state index contributed by atoms with van der Waals surface area (Å²) in [5, 5.41) is 4.20. The van der Waals surface area contributed by atoms with E-state index in [9.17, 15) is 9.18 Å². The van der Waals surface area contributed by atoms with Gasteiger partial charge < -0.3 is 15.2 Å². The van der Waals surface area contributed by atoms with Gasteiger partial charge in [0.15, 0.2) is 0 Å². The van der Waals surface area contributed by atoms with Crippen LogP contribution >= 0.6 is 0 Å². The number of carbonyl (C=O) groups excluding carboxylic acids is 1. The van der Waals surface area contributed by atoms with Crippen molar-refractivity contribution in [1.29, 1.82) is 0 Å². The van der Waals surface area contributed by atoms with Gasteiger partial charge in [-0.05, 0) is 67.7 Å². The molecule has 3 aliphatic heterocycles. The van der Waals surface area contributed by atoms with Crippen LogP contribution in [0.2, 0.25) is 0 Å². The molecule has 6 rings (SSSR count).